The third-order valence-electron chi connectivity index (χ3n) is 5.83. The van der Waals surface area contributed by atoms with E-state index in [1.807, 2.05) is 33.8 Å². The van der Waals surface area contributed by atoms with Crippen molar-refractivity contribution in [3.63, 3.8) is 0 Å². The zero-order valence-corrected chi connectivity index (χ0v) is 22.2. The molecule has 0 saturated heterocycles. The van der Waals surface area contributed by atoms with Gasteiger partial charge >= 0.3 is 0 Å². The molecule has 0 aliphatic carbocycles. The molecule has 2 rings (SSSR count). The van der Waals surface area contributed by atoms with E-state index in [2.05, 4.69) is 5.32 Å². The Morgan fingerprint density at radius 1 is 1.00 bits per heavy atom. The lowest BCUT2D eigenvalue weighted by Crippen LogP contribution is -2.53. The third kappa shape index (κ3) is 8.06. The maximum atomic E-state index is 13.6. The molecule has 2 aromatic rings. The zero-order chi connectivity index (χ0) is 26.3. The monoisotopic (exact) mass is 505 g/mol. The molecular weight excluding hydrogens is 469 g/mol. The largest absolute Gasteiger partial charge is 0.352 e. The van der Waals surface area contributed by atoms with Gasteiger partial charge < -0.3 is 10.2 Å². The fourth-order valence-electron chi connectivity index (χ4n) is 3.86. The maximum Gasteiger partial charge on any atom is 0.244 e. The molecule has 9 heteroatoms. The SMILES string of the molecule is CC[C@H](C(=O)N[C@@H](C)CC)N(Cc1ccc(F)cc1)C(=O)CN(c1cc(C)cc(C)c1)S(C)(=O)=O. The third-order valence-corrected chi connectivity index (χ3v) is 6.97. The summed E-state index contributed by atoms with van der Waals surface area (Å²) in [7, 11) is -3.80. The van der Waals surface area contributed by atoms with Crippen LogP contribution in [0.5, 0.6) is 0 Å². The summed E-state index contributed by atoms with van der Waals surface area (Å²) in [6.07, 6.45) is 2.11. The smallest absolute Gasteiger partial charge is 0.244 e. The number of aryl methyl sites for hydroxylation is 2. The lowest BCUT2D eigenvalue weighted by Gasteiger charge is -2.33. The number of sulfonamides is 1. The molecule has 2 amide bonds. The van der Waals surface area contributed by atoms with Gasteiger partial charge in [-0.05, 0) is 74.6 Å². The average molecular weight is 506 g/mol. The van der Waals surface area contributed by atoms with Crippen LogP contribution in [0.15, 0.2) is 42.5 Å². The topological polar surface area (TPSA) is 86.8 Å². The molecule has 2 aromatic carbocycles. The van der Waals surface area contributed by atoms with E-state index >= 15 is 0 Å². The van der Waals surface area contributed by atoms with Gasteiger partial charge in [0.15, 0.2) is 0 Å². The summed E-state index contributed by atoms with van der Waals surface area (Å²) in [5.74, 6) is -1.24. The minimum atomic E-state index is -3.80. The lowest BCUT2D eigenvalue weighted by atomic mass is 10.1. The molecule has 1 N–H and O–H groups in total. The number of halogens is 1. The van der Waals surface area contributed by atoms with Crippen molar-refractivity contribution < 1.29 is 22.4 Å². The molecule has 0 radical (unpaired) electrons. The highest BCUT2D eigenvalue weighted by Gasteiger charge is 2.32. The van der Waals surface area contributed by atoms with Crippen LogP contribution in [-0.2, 0) is 26.2 Å². The van der Waals surface area contributed by atoms with Gasteiger partial charge in [0.2, 0.25) is 21.8 Å². The molecule has 2 atom stereocenters. The molecule has 0 bridgehead atoms. The van der Waals surface area contributed by atoms with Crippen molar-refractivity contribution in [2.24, 2.45) is 0 Å². The number of benzene rings is 2. The van der Waals surface area contributed by atoms with Crippen LogP contribution in [0.25, 0.3) is 0 Å². The Morgan fingerprint density at radius 3 is 2.06 bits per heavy atom. The highest BCUT2D eigenvalue weighted by molar-refractivity contribution is 7.92. The summed E-state index contributed by atoms with van der Waals surface area (Å²) in [5.41, 5.74) is 2.75. The van der Waals surface area contributed by atoms with Gasteiger partial charge in [0.1, 0.15) is 18.4 Å². The van der Waals surface area contributed by atoms with Gasteiger partial charge in [0.25, 0.3) is 0 Å². The molecule has 0 fully saturated rings. The van der Waals surface area contributed by atoms with E-state index in [0.29, 0.717) is 17.7 Å². The van der Waals surface area contributed by atoms with Crippen LogP contribution in [0, 0.1) is 19.7 Å². The Labute approximate surface area is 208 Å². The molecule has 0 spiro atoms. The zero-order valence-electron chi connectivity index (χ0n) is 21.3. The van der Waals surface area contributed by atoms with E-state index in [9.17, 15) is 22.4 Å². The first kappa shape index (κ1) is 28.3. The van der Waals surface area contributed by atoms with Crippen LogP contribution in [0.1, 0.15) is 50.3 Å². The van der Waals surface area contributed by atoms with Gasteiger partial charge in [0, 0.05) is 12.6 Å². The van der Waals surface area contributed by atoms with Crippen molar-refractivity contribution in [3.8, 4) is 0 Å². The average Bonchev–Trinajstić information content (AvgIpc) is 2.76. The van der Waals surface area contributed by atoms with Crippen molar-refractivity contribution >= 4 is 27.5 Å². The van der Waals surface area contributed by atoms with Crippen molar-refractivity contribution in [2.45, 2.75) is 66.1 Å². The summed E-state index contributed by atoms with van der Waals surface area (Å²) in [5, 5.41) is 2.92. The first-order chi connectivity index (χ1) is 16.3. The van der Waals surface area contributed by atoms with E-state index in [0.717, 1.165) is 28.1 Å². The molecule has 0 aliphatic rings. The number of amides is 2. The van der Waals surface area contributed by atoms with Crippen molar-refractivity contribution in [1.82, 2.24) is 10.2 Å². The Hall–Kier alpha value is -2.94. The van der Waals surface area contributed by atoms with Gasteiger partial charge in [-0.1, -0.05) is 32.0 Å². The van der Waals surface area contributed by atoms with Crippen LogP contribution < -0.4 is 9.62 Å². The Balaban J connectivity index is 2.46. The highest BCUT2D eigenvalue weighted by Crippen LogP contribution is 2.22. The molecule has 7 nitrogen and oxygen atoms in total. The van der Waals surface area contributed by atoms with E-state index in [1.165, 1.54) is 17.0 Å². The molecule has 0 aromatic heterocycles. The van der Waals surface area contributed by atoms with Crippen LogP contribution in [0.4, 0.5) is 10.1 Å². The predicted molar refractivity (Wildman–Crippen MR) is 137 cm³/mol. The number of nitrogens with zero attached hydrogens (tertiary/aromatic N) is 2. The fraction of sp³-hybridized carbons (Fsp3) is 0.462. The van der Waals surface area contributed by atoms with E-state index in [-0.39, 0.29) is 18.5 Å². The molecule has 0 aliphatic heterocycles. The second kappa shape index (κ2) is 12.2. The summed E-state index contributed by atoms with van der Waals surface area (Å²) >= 11 is 0. The van der Waals surface area contributed by atoms with Crippen LogP contribution >= 0.6 is 0 Å². The summed E-state index contributed by atoms with van der Waals surface area (Å²) in [6, 6.07) is 10.1. The number of carbonyl (C=O) groups is 2. The van der Waals surface area contributed by atoms with E-state index < -0.39 is 34.3 Å². The summed E-state index contributed by atoms with van der Waals surface area (Å²) in [6.45, 7) is 8.90. The molecule has 0 unspecified atom stereocenters. The van der Waals surface area contributed by atoms with Crippen LogP contribution in [0.2, 0.25) is 0 Å². The van der Waals surface area contributed by atoms with Gasteiger partial charge in [0.05, 0.1) is 11.9 Å². The summed E-state index contributed by atoms with van der Waals surface area (Å²) in [4.78, 5) is 28.1. The summed E-state index contributed by atoms with van der Waals surface area (Å²) < 4.78 is 39.9. The molecule has 192 valence electrons. The first-order valence-electron chi connectivity index (χ1n) is 11.8. The van der Waals surface area contributed by atoms with Crippen molar-refractivity contribution in [1.29, 1.82) is 0 Å². The predicted octanol–water partition coefficient (Wildman–Crippen LogP) is 3.93. The van der Waals surface area contributed by atoms with Gasteiger partial charge in [-0.25, -0.2) is 12.8 Å². The Kier molecular flexibility index (Phi) is 9.82. The van der Waals surface area contributed by atoms with Gasteiger partial charge in [-0.3, -0.25) is 13.9 Å². The van der Waals surface area contributed by atoms with Crippen molar-refractivity contribution in [2.75, 3.05) is 17.1 Å². The van der Waals surface area contributed by atoms with Crippen LogP contribution in [0.3, 0.4) is 0 Å². The van der Waals surface area contributed by atoms with Crippen molar-refractivity contribution in [3.05, 3.63) is 65.0 Å². The highest BCUT2D eigenvalue weighted by atomic mass is 32.2. The number of hydrogen-bond acceptors (Lipinski definition) is 4. The Morgan fingerprint density at radius 2 is 1.57 bits per heavy atom. The number of nitrogens with one attached hydrogen (secondary N) is 1. The standard InChI is InChI=1S/C26H36FN3O4S/c1-7-20(5)28-26(32)24(8-2)29(16-21-9-11-22(27)12-10-21)25(31)17-30(35(6,33)34)23-14-18(3)13-19(4)15-23/h9-15,20,24H,7-8,16-17H2,1-6H3,(H,28,32)/t20-,24+/m0/s1. The van der Waals surface area contributed by atoms with Gasteiger partial charge in [-0.15, -0.1) is 0 Å². The number of anilines is 1. The second-order valence-electron chi connectivity index (χ2n) is 9.01. The second-order valence-corrected chi connectivity index (χ2v) is 10.9. The molecular formula is C26H36FN3O4S. The number of rotatable bonds is 11. The Bertz CT molecular complexity index is 1120. The van der Waals surface area contributed by atoms with E-state index in [4.69, 9.17) is 0 Å². The maximum absolute atomic E-state index is 13.6. The molecule has 0 heterocycles. The minimum Gasteiger partial charge on any atom is -0.352 e. The van der Waals surface area contributed by atoms with E-state index in [1.54, 1.807) is 31.2 Å². The fourth-order valence-corrected chi connectivity index (χ4v) is 4.69. The quantitative estimate of drug-likeness (QED) is 0.501. The first-order valence-corrected chi connectivity index (χ1v) is 13.6. The van der Waals surface area contributed by atoms with Gasteiger partial charge in [-0.2, -0.15) is 0 Å². The normalized spacial score (nSPS) is 13.1. The molecule has 0 saturated carbocycles. The lowest BCUT2D eigenvalue weighted by molar-refractivity contribution is -0.140. The minimum absolute atomic E-state index is 0.0377. The van der Waals surface area contributed by atoms with Crippen LogP contribution in [-0.4, -0.2) is 50.0 Å². The number of hydrogen-bond donors (Lipinski definition) is 1. The number of carbonyl (C=O) groups excluding carboxylic acids is 2. The molecule has 35 heavy (non-hydrogen) atoms.